The zero-order valence-corrected chi connectivity index (χ0v) is 14.1. The molecule has 0 saturated carbocycles. The van der Waals surface area contributed by atoms with Crippen molar-refractivity contribution in [2.24, 2.45) is 0 Å². The second kappa shape index (κ2) is 7.56. The van der Waals surface area contributed by atoms with Gasteiger partial charge in [-0.05, 0) is 53.1 Å². The van der Waals surface area contributed by atoms with E-state index in [-0.39, 0.29) is 17.5 Å². The molecule has 0 radical (unpaired) electrons. The number of rotatable bonds is 7. The van der Waals surface area contributed by atoms with Crippen molar-refractivity contribution < 1.29 is 18.3 Å². The molecule has 2 N–H and O–H groups in total. The Morgan fingerprint density at radius 3 is 2.57 bits per heavy atom. The van der Waals surface area contributed by atoms with E-state index < -0.39 is 21.3 Å². The molecule has 1 heterocycles. The van der Waals surface area contributed by atoms with Crippen molar-refractivity contribution in [2.75, 3.05) is 31.1 Å². The lowest BCUT2D eigenvalue weighted by atomic mass is 9.94. The summed E-state index contributed by atoms with van der Waals surface area (Å²) in [6, 6.07) is 0.106. The van der Waals surface area contributed by atoms with Gasteiger partial charge in [0, 0.05) is 12.6 Å². The van der Waals surface area contributed by atoms with Gasteiger partial charge in [0.1, 0.15) is 5.54 Å². The molecule has 1 saturated heterocycles. The van der Waals surface area contributed by atoms with Crippen LogP contribution < -0.4 is 5.32 Å². The summed E-state index contributed by atoms with van der Waals surface area (Å²) in [5.74, 6) is -0.353. The minimum atomic E-state index is -2.88. The maximum atomic E-state index is 11.5. The van der Waals surface area contributed by atoms with Crippen LogP contribution >= 0.6 is 0 Å². The lowest BCUT2D eigenvalue weighted by molar-refractivity contribution is -0.144. The van der Waals surface area contributed by atoms with Crippen molar-refractivity contribution >= 4 is 15.8 Å². The van der Waals surface area contributed by atoms with Gasteiger partial charge in [0.25, 0.3) is 0 Å². The number of aliphatic carboxylic acids is 1. The molecule has 6 nitrogen and oxygen atoms in total. The van der Waals surface area contributed by atoms with Gasteiger partial charge >= 0.3 is 5.97 Å². The highest BCUT2D eigenvalue weighted by Crippen LogP contribution is 2.15. The highest BCUT2D eigenvalue weighted by atomic mass is 32.2. The SMILES string of the molecule is CC(C)NC(C)(CCCN1CCCS(=O)(=O)CC1)C(=O)O. The Hall–Kier alpha value is -0.660. The van der Waals surface area contributed by atoms with Gasteiger partial charge in [0.2, 0.25) is 0 Å². The van der Waals surface area contributed by atoms with Crippen LogP contribution in [0.2, 0.25) is 0 Å². The van der Waals surface area contributed by atoms with E-state index >= 15 is 0 Å². The van der Waals surface area contributed by atoms with E-state index in [1.165, 1.54) is 0 Å². The van der Waals surface area contributed by atoms with Gasteiger partial charge in [-0.2, -0.15) is 0 Å². The Bertz CT molecular complexity index is 450. The van der Waals surface area contributed by atoms with Gasteiger partial charge in [-0.1, -0.05) is 0 Å². The van der Waals surface area contributed by atoms with Crippen LogP contribution in [0.3, 0.4) is 0 Å². The zero-order chi connectivity index (χ0) is 16.1. The summed E-state index contributed by atoms with van der Waals surface area (Å²) in [6.45, 7) is 7.66. The molecule has 1 rings (SSSR count). The summed E-state index contributed by atoms with van der Waals surface area (Å²) in [5.41, 5.74) is -0.925. The van der Waals surface area contributed by atoms with Crippen molar-refractivity contribution in [3.8, 4) is 0 Å². The van der Waals surface area contributed by atoms with Gasteiger partial charge in [-0.3, -0.25) is 10.1 Å². The zero-order valence-electron chi connectivity index (χ0n) is 13.3. The maximum Gasteiger partial charge on any atom is 0.323 e. The molecule has 0 bridgehead atoms. The number of sulfone groups is 1. The first-order valence-electron chi connectivity index (χ1n) is 7.58. The predicted octanol–water partition coefficient (Wildman–Crippen LogP) is 0.728. The highest BCUT2D eigenvalue weighted by molar-refractivity contribution is 7.91. The largest absolute Gasteiger partial charge is 0.480 e. The minimum absolute atomic E-state index is 0.106. The molecule has 1 aliphatic heterocycles. The van der Waals surface area contributed by atoms with Crippen molar-refractivity contribution in [3.05, 3.63) is 0 Å². The molecular weight excluding hydrogens is 292 g/mol. The molecule has 7 heteroatoms. The van der Waals surface area contributed by atoms with E-state index in [2.05, 4.69) is 10.2 Å². The molecule has 0 aliphatic carbocycles. The van der Waals surface area contributed by atoms with E-state index in [1.807, 2.05) is 13.8 Å². The summed E-state index contributed by atoms with van der Waals surface area (Å²) in [4.78, 5) is 13.6. The summed E-state index contributed by atoms with van der Waals surface area (Å²) >= 11 is 0. The number of carboxylic acid groups (broad SMARTS) is 1. The van der Waals surface area contributed by atoms with E-state index in [1.54, 1.807) is 6.92 Å². The topological polar surface area (TPSA) is 86.7 Å². The summed E-state index contributed by atoms with van der Waals surface area (Å²) in [5, 5.41) is 12.5. The summed E-state index contributed by atoms with van der Waals surface area (Å²) < 4.78 is 23.1. The van der Waals surface area contributed by atoms with Crippen LogP contribution in [0, 0.1) is 0 Å². The monoisotopic (exact) mass is 320 g/mol. The lowest BCUT2D eigenvalue weighted by Gasteiger charge is -2.29. The van der Waals surface area contributed by atoms with Crippen LogP contribution in [-0.2, 0) is 14.6 Å². The highest BCUT2D eigenvalue weighted by Gasteiger charge is 2.33. The van der Waals surface area contributed by atoms with Crippen LogP contribution in [0.5, 0.6) is 0 Å². The molecule has 1 aliphatic rings. The van der Waals surface area contributed by atoms with Crippen molar-refractivity contribution in [1.29, 1.82) is 0 Å². The number of nitrogens with one attached hydrogen (secondary N) is 1. The first-order valence-corrected chi connectivity index (χ1v) is 9.41. The molecule has 0 aromatic carbocycles. The number of hydrogen-bond donors (Lipinski definition) is 2. The Balaban J connectivity index is 2.45. The molecule has 1 atom stereocenters. The fourth-order valence-corrected chi connectivity index (χ4v) is 4.06. The third-order valence-electron chi connectivity index (χ3n) is 3.88. The Morgan fingerprint density at radius 2 is 2.00 bits per heavy atom. The summed E-state index contributed by atoms with van der Waals surface area (Å²) in [7, 11) is -2.88. The first kappa shape index (κ1) is 18.4. The molecule has 1 fully saturated rings. The third kappa shape index (κ3) is 6.32. The molecule has 124 valence electrons. The van der Waals surface area contributed by atoms with Crippen molar-refractivity contribution in [3.63, 3.8) is 0 Å². The second-order valence-electron chi connectivity index (χ2n) is 6.39. The van der Waals surface area contributed by atoms with E-state index in [4.69, 9.17) is 0 Å². The minimum Gasteiger partial charge on any atom is -0.480 e. The fourth-order valence-electron chi connectivity index (χ4n) is 2.75. The Kier molecular flexibility index (Phi) is 6.62. The molecular formula is C14H28N2O4S. The number of hydrogen-bond acceptors (Lipinski definition) is 5. The number of carboxylic acids is 1. The van der Waals surface area contributed by atoms with Gasteiger partial charge in [-0.15, -0.1) is 0 Å². The van der Waals surface area contributed by atoms with Gasteiger partial charge < -0.3 is 10.0 Å². The van der Waals surface area contributed by atoms with Gasteiger partial charge in [0.05, 0.1) is 11.5 Å². The number of carbonyl (C=O) groups is 1. The molecule has 1 unspecified atom stereocenters. The fraction of sp³-hybridized carbons (Fsp3) is 0.929. The van der Waals surface area contributed by atoms with Crippen LogP contribution in [0.25, 0.3) is 0 Å². The normalized spacial score (nSPS) is 22.7. The molecule has 0 amide bonds. The van der Waals surface area contributed by atoms with Crippen molar-refractivity contribution in [2.45, 2.75) is 51.6 Å². The quantitative estimate of drug-likeness (QED) is 0.719. The Labute approximate surface area is 127 Å². The maximum absolute atomic E-state index is 11.5. The smallest absolute Gasteiger partial charge is 0.323 e. The average molecular weight is 320 g/mol. The van der Waals surface area contributed by atoms with Crippen LogP contribution in [0.15, 0.2) is 0 Å². The first-order chi connectivity index (χ1) is 9.65. The van der Waals surface area contributed by atoms with E-state index in [0.717, 1.165) is 19.5 Å². The van der Waals surface area contributed by atoms with Crippen LogP contribution in [0.4, 0.5) is 0 Å². The van der Waals surface area contributed by atoms with Gasteiger partial charge in [0.15, 0.2) is 9.84 Å². The van der Waals surface area contributed by atoms with E-state index in [9.17, 15) is 18.3 Å². The number of nitrogens with zero attached hydrogens (tertiary/aromatic N) is 1. The van der Waals surface area contributed by atoms with Crippen molar-refractivity contribution in [1.82, 2.24) is 10.2 Å². The Morgan fingerprint density at radius 1 is 1.33 bits per heavy atom. The van der Waals surface area contributed by atoms with Crippen LogP contribution in [-0.4, -0.2) is 67.1 Å². The summed E-state index contributed by atoms with van der Waals surface area (Å²) in [6.07, 6.45) is 1.94. The standard InChI is InChI=1S/C14H28N2O4S/c1-12(2)15-14(3,13(17)18)6-4-7-16-8-5-10-21(19,20)11-9-16/h12,15H,4-11H2,1-3H3,(H,17,18). The third-order valence-corrected chi connectivity index (χ3v) is 5.59. The van der Waals surface area contributed by atoms with Crippen LogP contribution in [0.1, 0.15) is 40.0 Å². The molecule has 0 spiro atoms. The average Bonchev–Trinajstić information content (AvgIpc) is 2.50. The van der Waals surface area contributed by atoms with E-state index in [0.29, 0.717) is 19.4 Å². The van der Waals surface area contributed by atoms with Gasteiger partial charge in [-0.25, -0.2) is 8.42 Å². The predicted molar refractivity (Wildman–Crippen MR) is 83.3 cm³/mol. The molecule has 0 aromatic rings. The lowest BCUT2D eigenvalue weighted by Crippen LogP contribution is -2.52. The molecule has 0 aromatic heterocycles. The second-order valence-corrected chi connectivity index (χ2v) is 8.69. The molecule has 21 heavy (non-hydrogen) atoms.